The molecule has 1 N–H and O–H groups in total. The van der Waals surface area contributed by atoms with Crippen molar-refractivity contribution in [3.05, 3.63) is 93.6 Å². The SMILES string of the molecule is CS(=O)(=O)N(Cc1ccccc1)c1ccc(C(=O)Nc2ccc(I)cc2)cc1. The van der Waals surface area contributed by atoms with Crippen LogP contribution in [-0.2, 0) is 16.6 Å². The van der Waals surface area contributed by atoms with Gasteiger partial charge in [0.1, 0.15) is 0 Å². The Kier molecular flexibility index (Phi) is 6.35. The Morgan fingerprint density at radius 1 is 0.929 bits per heavy atom. The summed E-state index contributed by atoms with van der Waals surface area (Å²) in [6.07, 6.45) is 1.17. The number of carbonyl (C=O) groups excluding carboxylic acids is 1. The Bertz CT molecular complexity index is 1050. The van der Waals surface area contributed by atoms with Gasteiger partial charge in [0.15, 0.2) is 0 Å². The summed E-state index contributed by atoms with van der Waals surface area (Å²) in [5, 5.41) is 2.83. The van der Waals surface area contributed by atoms with Gasteiger partial charge in [0.25, 0.3) is 5.91 Å². The monoisotopic (exact) mass is 506 g/mol. The van der Waals surface area contributed by atoms with Crippen molar-refractivity contribution in [3.63, 3.8) is 0 Å². The second-order valence-corrected chi connectivity index (χ2v) is 9.42. The van der Waals surface area contributed by atoms with Gasteiger partial charge >= 0.3 is 0 Å². The maximum Gasteiger partial charge on any atom is 0.255 e. The minimum absolute atomic E-state index is 0.230. The highest BCUT2D eigenvalue weighted by Crippen LogP contribution is 2.22. The number of amides is 1. The fourth-order valence-electron chi connectivity index (χ4n) is 2.66. The van der Waals surface area contributed by atoms with Crippen LogP contribution in [0.25, 0.3) is 0 Å². The lowest BCUT2D eigenvalue weighted by atomic mass is 10.1. The molecule has 0 unspecified atom stereocenters. The summed E-state index contributed by atoms with van der Waals surface area (Å²) >= 11 is 2.20. The minimum atomic E-state index is -3.47. The number of hydrogen-bond donors (Lipinski definition) is 1. The Morgan fingerprint density at radius 3 is 2.11 bits per heavy atom. The van der Waals surface area contributed by atoms with E-state index in [0.29, 0.717) is 16.9 Å². The molecule has 3 aromatic rings. The van der Waals surface area contributed by atoms with Crippen LogP contribution in [0, 0.1) is 3.57 Å². The summed E-state index contributed by atoms with van der Waals surface area (Å²) < 4.78 is 26.9. The Hall–Kier alpha value is -2.39. The quantitative estimate of drug-likeness (QED) is 0.501. The molecule has 0 bridgehead atoms. The molecule has 28 heavy (non-hydrogen) atoms. The topological polar surface area (TPSA) is 66.5 Å². The van der Waals surface area contributed by atoms with Crippen molar-refractivity contribution < 1.29 is 13.2 Å². The van der Waals surface area contributed by atoms with E-state index in [-0.39, 0.29) is 12.5 Å². The first-order chi connectivity index (χ1) is 13.3. The van der Waals surface area contributed by atoms with Crippen LogP contribution < -0.4 is 9.62 Å². The average molecular weight is 506 g/mol. The molecule has 0 spiro atoms. The average Bonchev–Trinajstić information content (AvgIpc) is 2.68. The molecule has 0 aliphatic carbocycles. The van der Waals surface area contributed by atoms with Gasteiger partial charge in [-0.1, -0.05) is 30.3 Å². The fraction of sp³-hybridized carbons (Fsp3) is 0.0952. The second kappa shape index (κ2) is 8.74. The van der Waals surface area contributed by atoms with Crippen LogP contribution in [0.15, 0.2) is 78.9 Å². The molecule has 0 aliphatic rings. The smallest absolute Gasteiger partial charge is 0.255 e. The van der Waals surface area contributed by atoms with E-state index in [1.807, 2.05) is 54.6 Å². The molecule has 0 heterocycles. The van der Waals surface area contributed by atoms with Gasteiger partial charge in [0.05, 0.1) is 18.5 Å². The zero-order valence-electron chi connectivity index (χ0n) is 15.2. The third-order valence-corrected chi connectivity index (χ3v) is 5.95. The summed E-state index contributed by atoms with van der Waals surface area (Å²) in [6, 6.07) is 23.4. The molecule has 0 aromatic heterocycles. The molecule has 3 aromatic carbocycles. The van der Waals surface area contributed by atoms with E-state index in [4.69, 9.17) is 0 Å². The molecule has 0 saturated carbocycles. The molecule has 7 heteroatoms. The Morgan fingerprint density at radius 2 is 1.54 bits per heavy atom. The number of nitrogens with one attached hydrogen (secondary N) is 1. The van der Waals surface area contributed by atoms with Gasteiger partial charge < -0.3 is 5.32 Å². The molecule has 5 nitrogen and oxygen atoms in total. The number of anilines is 2. The third-order valence-electron chi connectivity index (χ3n) is 4.09. The van der Waals surface area contributed by atoms with E-state index in [1.165, 1.54) is 10.6 Å². The van der Waals surface area contributed by atoms with E-state index in [2.05, 4.69) is 27.9 Å². The Balaban J connectivity index is 1.78. The molecule has 0 saturated heterocycles. The third kappa shape index (κ3) is 5.32. The van der Waals surface area contributed by atoms with Crippen molar-refractivity contribution in [2.75, 3.05) is 15.9 Å². The van der Waals surface area contributed by atoms with Gasteiger partial charge in [-0.2, -0.15) is 0 Å². The van der Waals surface area contributed by atoms with Crippen LogP contribution in [0.1, 0.15) is 15.9 Å². The second-order valence-electron chi connectivity index (χ2n) is 6.26. The van der Waals surface area contributed by atoms with Crippen LogP contribution in [0.3, 0.4) is 0 Å². The molecular formula is C21H19IN2O3S. The van der Waals surface area contributed by atoms with Crippen molar-refractivity contribution in [1.29, 1.82) is 0 Å². The van der Waals surface area contributed by atoms with Crippen molar-refractivity contribution in [1.82, 2.24) is 0 Å². The van der Waals surface area contributed by atoms with Crippen LogP contribution in [0.5, 0.6) is 0 Å². The lowest BCUT2D eigenvalue weighted by Crippen LogP contribution is -2.29. The number of hydrogen-bond acceptors (Lipinski definition) is 3. The van der Waals surface area contributed by atoms with Gasteiger partial charge in [-0.15, -0.1) is 0 Å². The molecule has 1 amide bonds. The van der Waals surface area contributed by atoms with Gasteiger partial charge in [-0.3, -0.25) is 9.10 Å². The molecule has 0 fully saturated rings. The summed E-state index contributed by atoms with van der Waals surface area (Å²) in [6.45, 7) is 0.230. The summed E-state index contributed by atoms with van der Waals surface area (Å²) in [5.74, 6) is -0.248. The number of rotatable bonds is 6. The van der Waals surface area contributed by atoms with Crippen molar-refractivity contribution >= 4 is 49.9 Å². The maximum atomic E-state index is 12.4. The van der Waals surface area contributed by atoms with Gasteiger partial charge in [-0.05, 0) is 76.7 Å². The number of benzene rings is 3. The number of sulfonamides is 1. The highest BCUT2D eigenvalue weighted by atomic mass is 127. The first kappa shape index (κ1) is 20.3. The predicted octanol–water partition coefficient (Wildman–Crippen LogP) is 4.51. The zero-order valence-corrected chi connectivity index (χ0v) is 18.1. The van der Waals surface area contributed by atoms with Crippen molar-refractivity contribution in [2.45, 2.75) is 6.54 Å². The van der Waals surface area contributed by atoms with Crippen LogP contribution in [0.2, 0.25) is 0 Å². The molecule has 3 rings (SSSR count). The molecule has 0 atom stereocenters. The highest BCUT2D eigenvalue weighted by Gasteiger charge is 2.18. The summed E-state index contributed by atoms with van der Waals surface area (Å²) in [5.41, 5.74) is 2.55. The largest absolute Gasteiger partial charge is 0.322 e. The van der Waals surface area contributed by atoms with E-state index >= 15 is 0 Å². The zero-order chi connectivity index (χ0) is 20.1. The van der Waals surface area contributed by atoms with E-state index in [9.17, 15) is 13.2 Å². The van der Waals surface area contributed by atoms with Gasteiger partial charge in [0, 0.05) is 14.8 Å². The normalized spacial score (nSPS) is 11.1. The summed E-state index contributed by atoms with van der Waals surface area (Å²) in [4.78, 5) is 12.4. The lowest BCUT2D eigenvalue weighted by Gasteiger charge is -2.22. The van der Waals surface area contributed by atoms with E-state index in [1.54, 1.807) is 24.3 Å². The van der Waals surface area contributed by atoms with E-state index < -0.39 is 10.0 Å². The van der Waals surface area contributed by atoms with Crippen LogP contribution >= 0.6 is 22.6 Å². The molecule has 0 radical (unpaired) electrons. The highest BCUT2D eigenvalue weighted by molar-refractivity contribution is 14.1. The lowest BCUT2D eigenvalue weighted by molar-refractivity contribution is 0.102. The van der Waals surface area contributed by atoms with Gasteiger partial charge in [0.2, 0.25) is 10.0 Å². The standard InChI is InChI=1S/C21H19IN2O3S/c1-28(26,27)24(15-16-5-3-2-4-6-16)20-13-7-17(8-14-20)21(25)23-19-11-9-18(22)10-12-19/h2-14H,15H2,1H3,(H,23,25). The maximum absolute atomic E-state index is 12.4. The van der Waals surface area contributed by atoms with Crippen LogP contribution in [0.4, 0.5) is 11.4 Å². The van der Waals surface area contributed by atoms with Crippen molar-refractivity contribution in [3.8, 4) is 0 Å². The molecular weight excluding hydrogens is 487 g/mol. The van der Waals surface area contributed by atoms with Gasteiger partial charge in [-0.25, -0.2) is 8.42 Å². The van der Waals surface area contributed by atoms with Crippen molar-refractivity contribution in [2.24, 2.45) is 0 Å². The summed E-state index contributed by atoms with van der Waals surface area (Å²) in [7, 11) is -3.47. The first-order valence-corrected chi connectivity index (χ1v) is 11.4. The van der Waals surface area contributed by atoms with Crippen LogP contribution in [-0.4, -0.2) is 20.6 Å². The minimum Gasteiger partial charge on any atom is -0.322 e. The predicted molar refractivity (Wildman–Crippen MR) is 121 cm³/mol. The number of halogens is 1. The number of carbonyl (C=O) groups is 1. The molecule has 144 valence electrons. The fourth-order valence-corrected chi connectivity index (χ4v) is 3.91. The number of nitrogens with zero attached hydrogens (tertiary/aromatic N) is 1. The Labute approximate surface area is 178 Å². The first-order valence-electron chi connectivity index (χ1n) is 8.51. The molecule has 0 aliphatic heterocycles. The van der Waals surface area contributed by atoms with E-state index in [0.717, 1.165) is 9.13 Å².